The smallest absolute Gasteiger partial charge is 0.295 e. The molecule has 0 aliphatic carbocycles. The summed E-state index contributed by atoms with van der Waals surface area (Å²) in [5.74, 6) is 0. The minimum atomic E-state index is -0.525. The highest BCUT2D eigenvalue weighted by atomic mass is 35.5. The molecule has 2 heterocycles. The Morgan fingerprint density at radius 1 is 1.05 bits per heavy atom. The highest BCUT2D eigenvalue weighted by molar-refractivity contribution is 6.34. The lowest BCUT2D eigenvalue weighted by molar-refractivity contribution is -0.384. The number of anilines is 2. The normalized spacial score (nSPS) is 12.3. The number of hydrogen-bond acceptors (Lipinski definition) is 5. The zero-order chi connectivity index (χ0) is 15.9. The van der Waals surface area contributed by atoms with Crippen LogP contribution >= 0.6 is 23.2 Å². The number of fused-ring (bicyclic) bond motifs is 1. The quantitative estimate of drug-likeness (QED) is 0.647. The van der Waals surface area contributed by atoms with Gasteiger partial charge < -0.3 is 15.2 Å². The molecule has 0 saturated heterocycles. The van der Waals surface area contributed by atoms with E-state index in [4.69, 9.17) is 23.2 Å². The molecule has 0 fully saturated rings. The number of hydrogen-bond donors (Lipinski definition) is 2. The third kappa shape index (κ3) is 2.40. The van der Waals surface area contributed by atoms with Gasteiger partial charge in [-0.3, -0.25) is 14.9 Å². The monoisotopic (exact) mass is 338 g/mol. The van der Waals surface area contributed by atoms with Crippen LogP contribution in [0.1, 0.15) is 0 Å². The van der Waals surface area contributed by atoms with E-state index in [-0.39, 0.29) is 21.4 Å². The van der Waals surface area contributed by atoms with Crippen molar-refractivity contribution in [2.24, 2.45) is 0 Å². The Morgan fingerprint density at radius 3 is 2.14 bits per heavy atom. The Balaban J connectivity index is 2.26. The number of benzene rings is 1. The topological polar surface area (TPSA) is 89.2 Å². The molecule has 0 unspecified atom stereocenters. The fourth-order valence-electron chi connectivity index (χ4n) is 2.08. The van der Waals surface area contributed by atoms with Crippen molar-refractivity contribution in [1.29, 1.82) is 0 Å². The first kappa shape index (κ1) is 14.4. The second kappa shape index (κ2) is 5.36. The Labute approximate surface area is 133 Å². The third-order valence-corrected chi connectivity index (χ3v) is 3.63. The molecule has 0 atom stereocenters. The summed E-state index contributed by atoms with van der Waals surface area (Å²) in [5, 5.41) is 17.0. The fraction of sp³-hybridized carbons (Fsp3) is 0. The lowest BCUT2D eigenvalue weighted by atomic mass is 10.2. The molecule has 112 valence electrons. The fourth-order valence-corrected chi connectivity index (χ4v) is 2.55. The van der Waals surface area contributed by atoms with Gasteiger partial charge in [0.15, 0.2) is 0 Å². The van der Waals surface area contributed by atoms with E-state index in [2.05, 4.69) is 10.6 Å². The van der Waals surface area contributed by atoms with E-state index in [1.165, 1.54) is 23.0 Å². The molecule has 2 aromatic rings. The van der Waals surface area contributed by atoms with Crippen LogP contribution in [-0.4, -0.2) is 9.49 Å². The molecule has 0 radical (unpaired) electrons. The van der Waals surface area contributed by atoms with E-state index < -0.39 is 10.4 Å². The number of halogens is 2. The van der Waals surface area contributed by atoms with Crippen LogP contribution in [0.25, 0.3) is 5.69 Å². The first-order valence-electron chi connectivity index (χ1n) is 6.05. The van der Waals surface area contributed by atoms with Gasteiger partial charge in [0.05, 0.1) is 16.3 Å². The predicted molar refractivity (Wildman–Crippen MR) is 85.1 cm³/mol. The zero-order valence-corrected chi connectivity index (χ0v) is 12.4. The van der Waals surface area contributed by atoms with Crippen LogP contribution in [0.2, 0.25) is 10.0 Å². The average Bonchev–Trinajstić information content (AvgIpc) is 2.50. The van der Waals surface area contributed by atoms with Gasteiger partial charge in [0.2, 0.25) is 5.43 Å². The lowest BCUT2D eigenvalue weighted by Crippen LogP contribution is -2.10. The van der Waals surface area contributed by atoms with E-state index >= 15 is 0 Å². The number of pyridine rings is 1. The first-order chi connectivity index (χ1) is 10.5. The number of nitrogens with zero attached hydrogens (tertiary/aromatic N) is 2. The van der Waals surface area contributed by atoms with Gasteiger partial charge >= 0.3 is 0 Å². The molecule has 0 spiro atoms. The van der Waals surface area contributed by atoms with E-state index in [1.807, 2.05) is 0 Å². The highest BCUT2D eigenvalue weighted by Gasteiger charge is 2.20. The van der Waals surface area contributed by atoms with Gasteiger partial charge in [-0.05, 0) is 6.07 Å². The van der Waals surface area contributed by atoms with Crippen LogP contribution in [0.4, 0.5) is 17.1 Å². The summed E-state index contributed by atoms with van der Waals surface area (Å²) in [6, 6.07) is 2.96. The summed E-state index contributed by atoms with van der Waals surface area (Å²) in [6.07, 6.45) is 5.86. The van der Waals surface area contributed by atoms with Crippen molar-refractivity contribution in [3.63, 3.8) is 0 Å². The van der Waals surface area contributed by atoms with Gasteiger partial charge in [-0.2, -0.15) is 0 Å². The molecule has 0 bridgehead atoms. The van der Waals surface area contributed by atoms with E-state index in [9.17, 15) is 14.9 Å². The summed E-state index contributed by atoms with van der Waals surface area (Å²) in [7, 11) is 0. The molecule has 7 nitrogen and oxygen atoms in total. The molecular weight excluding hydrogens is 331 g/mol. The molecule has 9 heteroatoms. The predicted octanol–water partition coefficient (Wildman–Crippen LogP) is 3.36. The van der Waals surface area contributed by atoms with Crippen molar-refractivity contribution in [2.75, 3.05) is 10.6 Å². The summed E-state index contributed by atoms with van der Waals surface area (Å²) in [5.41, 5.74) is 0.768. The van der Waals surface area contributed by atoms with Crippen molar-refractivity contribution in [2.45, 2.75) is 0 Å². The molecule has 1 aromatic carbocycles. The maximum atomic E-state index is 11.6. The molecule has 0 amide bonds. The Hall–Kier alpha value is -2.51. The number of aromatic nitrogens is 1. The molecule has 2 N–H and O–H groups in total. The average molecular weight is 339 g/mol. The number of nitro groups is 1. The molecule has 1 aliphatic rings. The third-order valence-electron chi connectivity index (χ3n) is 3.09. The van der Waals surface area contributed by atoms with Crippen LogP contribution in [0.3, 0.4) is 0 Å². The maximum absolute atomic E-state index is 11.6. The summed E-state index contributed by atoms with van der Waals surface area (Å²) >= 11 is 11.6. The SMILES string of the molecule is O=c1c(Cl)cn(-c2cc3c(cc2[N+](=O)[O-])NC=CN3)cc1Cl. The first-order valence-corrected chi connectivity index (χ1v) is 6.81. The molecule has 0 saturated carbocycles. The Kier molecular flexibility index (Phi) is 3.51. The van der Waals surface area contributed by atoms with Gasteiger partial charge in [-0.15, -0.1) is 0 Å². The van der Waals surface area contributed by atoms with Crippen LogP contribution in [0, 0.1) is 10.1 Å². The Morgan fingerprint density at radius 2 is 1.59 bits per heavy atom. The van der Waals surface area contributed by atoms with Crippen molar-refractivity contribution >= 4 is 40.3 Å². The van der Waals surface area contributed by atoms with Gasteiger partial charge in [0.1, 0.15) is 15.7 Å². The van der Waals surface area contributed by atoms with Crippen LogP contribution in [0.5, 0.6) is 0 Å². The molecule has 22 heavy (non-hydrogen) atoms. The van der Waals surface area contributed by atoms with Crippen LogP contribution in [0.15, 0.2) is 41.7 Å². The summed E-state index contributed by atoms with van der Waals surface area (Å²) in [4.78, 5) is 22.4. The van der Waals surface area contributed by atoms with E-state index in [0.29, 0.717) is 11.4 Å². The Bertz CT molecular complexity index is 850. The minimum absolute atomic E-state index is 0.120. The van der Waals surface area contributed by atoms with E-state index in [1.54, 1.807) is 18.5 Å². The van der Waals surface area contributed by atoms with Crippen molar-refractivity contribution in [1.82, 2.24) is 4.57 Å². The minimum Gasteiger partial charge on any atom is -0.359 e. The zero-order valence-electron chi connectivity index (χ0n) is 10.8. The van der Waals surface area contributed by atoms with Crippen molar-refractivity contribution < 1.29 is 4.92 Å². The molecule has 1 aliphatic heterocycles. The van der Waals surface area contributed by atoms with Gasteiger partial charge in [-0.1, -0.05) is 23.2 Å². The summed E-state index contributed by atoms with van der Waals surface area (Å²) in [6.45, 7) is 0. The number of nitrogens with one attached hydrogen (secondary N) is 2. The van der Waals surface area contributed by atoms with Gasteiger partial charge in [0, 0.05) is 30.9 Å². The maximum Gasteiger partial charge on any atom is 0.295 e. The second-order valence-corrected chi connectivity index (χ2v) is 5.27. The van der Waals surface area contributed by atoms with Crippen LogP contribution < -0.4 is 16.1 Å². The molecule has 1 aromatic heterocycles. The van der Waals surface area contributed by atoms with Crippen molar-refractivity contribution in [3.8, 4) is 5.69 Å². The standard InChI is InChI=1S/C13H8Cl2N4O3/c14-7-5-18(6-8(15)13(7)20)11-3-9-10(17-2-1-16-9)4-12(11)19(21)22/h1-6,16-17H. The lowest BCUT2D eigenvalue weighted by Gasteiger charge is -2.17. The second-order valence-electron chi connectivity index (χ2n) is 4.46. The highest BCUT2D eigenvalue weighted by Crippen LogP contribution is 2.35. The van der Waals surface area contributed by atoms with Gasteiger partial charge in [0.25, 0.3) is 5.69 Å². The largest absolute Gasteiger partial charge is 0.359 e. The molecular formula is C13H8Cl2N4O3. The summed E-state index contributed by atoms with van der Waals surface area (Å²) < 4.78 is 1.35. The van der Waals surface area contributed by atoms with Gasteiger partial charge in [-0.25, -0.2) is 0 Å². The van der Waals surface area contributed by atoms with Crippen molar-refractivity contribution in [3.05, 3.63) is 67.3 Å². The number of nitro benzene ring substituents is 1. The van der Waals surface area contributed by atoms with Crippen LogP contribution in [-0.2, 0) is 0 Å². The number of rotatable bonds is 2. The molecule has 3 rings (SSSR count). The van der Waals surface area contributed by atoms with E-state index in [0.717, 1.165) is 0 Å².